The molecule has 6 heteroatoms. The number of anilines is 1. The molecule has 0 spiro atoms. The van der Waals surface area contributed by atoms with Crippen LogP contribution in [0.1, 0.15) is 32.0 Å². The van der Waals surface area contributed by atoms with E-state index in [4.69, 9.17) is 5.73 Å². The van der Waals surface area contributed by atoms with Crippen molar-refractivity contribution in [1.29, 1.82) is 0 Å². The minimum atomic E-state index is -0.104. The van der Waals surface area contributed by atoms with Crippen LogP contribution >= 0.6 is 15.9 Å². The van der Waals surface area contributed by atoms with E-state index in [2.05, 4.69) is 34.9 Å². The molecule has 0 bridgehead atoms. The summed E-state index contributed by atoms with van der Waals surface area (Å²) in [5.41, 5.74) is 7.03. The third-order valence-corrected chi connectivity index (χ3v) is 3.67. The van der Waals surface area contributed by atoms with E-state index >= 15 is 0 Å². The molecule has 0 aliphatic carbocycles. The van der Waals surface area contributed by atoms with Crippen LogP contribution in [-0.2, 0) is 6.54 Å². The van der Waals surface area contributed by atoms with Crippen molar-refractivity contribution in [3.8, 4) is 0 Å². The molecule has 0 radical (unpaired) electrons. The van der Waals surface area contributed by atoms with Gasteiger partial charge in [0.25, 0.3) is 5.56 Å². The summed E-state index contributed by atoms with van der Waals surface area (Å²) in [6.45, 7) is 4.65. The molecule has 2 rings (SSSR count). The second kappa shape index (κ2) is 5.61. The van der Waals surface area contributed by atoms with E-state index in [1.807, 2.05) is 16.9 Å². The number of nitrogens with zero attached hydrogens (tertiary/aromatic N) is 3. The van der Waals surface area contributed by atoms with Gasteiger partial charge in [-0.05, 0) is 41.4 Å². The van der Waals surface area contributed by atoms with Crippen molar-refractivity contribution >= 4 is 21.6 Å². The molecule has 0 amide bonds. The lowest BCUT2D eigenvalue weighted by Crippen LogP contribution is -2.21. The molecule has 0 fully saturated rings. The first-order valence-corrected chi connectivity index (χ1v) is 7.00. The normalized spacial score (nSPS) is 12.6. The van der Waals surface area contributed by atoms with Crippen LogP contribution in [0.5, 0.6) is 0 Å². The molecule has 0 saturated carbocycles. The number of halogens is 1. The first kappa shape index (κ1) is 13.9. The predicted molar refractivity (Wildman–Crippen MR) is 79.1 cm³/mol. The molecule has 1 unspecified atom stereocenters. The van der Waals surface area contributed by atoms with Crippen LogP contribution in [0.25, 0.3) is 0 Å². The lowest BCUT2D eigenvalue weighted by molar-refractivity contribution is 0.472. The van der Waals surface area contributed by atoms with Crippen molar-refractivity contribution < 1.29 is 0 Å². The maximum absolute atomic E-state index is 11.9. The largest absolute Gasteiger partial charge is 0.398 e. The molecule has 102 valence electrons. The van der Waals surface area contributed by atoms with Crippen molar-refractivity contribution in [1.82, 2.24) is 14.3 Å². The Morgan fingerprint density at radius 3 is 2.95 bits per heavy atom. The Hall–Kier alpha value is -1.56. The van der Waals surface area contributed by atoms with Gasteiger partial charge in [0.15, 0.2) is 0 Å². The van der Waals surface area contributed by atoms with E-state index < -0.39 is 0 Å². The molecule has 0 aliphatic heterocycles. The summed E-state index contributed by atoms with van der Waals surface area (Å²) < 4.78 is 3.94. The molecule has 5 nitrogen and oxygen atoms in total. The van der Waals surface area contributed by atoms with Crippen LogP contribution < -0.4 is 11.3 Å². The zero-order valence-electron chi connectivity index (χ0n) is 11.0. The molecule has 19 heavy (non-hydrogen) atoms. The maximum atomic E-state index is 11.9. The van der Waals surface area contributed by atoms with Gasteiger partial charge in [-0.1, -0.05) is 6.92 Å². The first-order chi connectivity index (χ1) is 9.01. The number of nitrogen functional groups attached to an aromatic ring is 1. The molecule has 2 N–H and O–H groups in total. The van der Waals surface area contributed by atoms with Gasteiger partial charge in [-0.15, -0.1) is 0 Å². The van der Waals surface area contributed by atoms with Gasteiger partial charge in [-0.3, -0.25) is 9.48 Å². The van der Waals surface area contributed by atoms with E-state index in [0.717, 1.165) is 12.1 Å². The van der Waals surface area contributed by atoms with Crippen LogP contribution in [0.2, 0.25) is 0 Å². The molecule has 0 saturated heterocycles. The standard InChI is InChI=1S/C13H17BrN4O/c1-3-9(2)18-5-4-11(16-18)8-17-7-10(15)6-12(14)13(17)19/h4-7,9H,3,8,15H2,1-2H3. The summed E-state index contributed by atoms with van der Waals surface area (Å²) in [7, 11) is 0. The summed E-state index contributed by atoms with van der Waals surface area (Å²) >= 11 is 3.21. The van der Waals surface area contributed by atoms with Crippen LogP contribution in [0.15, 0.2) is 33.8 Å². The fourth-order valence-electron chi connectivity index (χ4n) is 1.81. The highest BCUT2D eigenvalue weighted by molar-refractivity contribution is 9.10. The molecule has 2 heterocycles. The average Bonchev–Trinajstić information content (AvgIpc) is 2.83. The minimum Gasteiger partial charge on any atom is -0.398 e. The van der Waals surface area contributed by atoms with E-state index in [1.165, 1.54) is 0 Å². The SMILES string of the molecule is CCC(C)n1ccc(Cn2cc(N)cc(Br)c2=O)n1. The topological polar surface area (TPSA) is 65.8 Å². The first-order valence-electron chi connectivity index (χ1n) is 6.20. The predicted octanol–water partition coefficient (Wildman–Crippen LogP) is 2.41. The monoisotopic (exact) mass is 324 g/mol. The number of aromatic nitrogens is 3. The van der Waals surface area contributed by atoms with Crippen molar-refractivity contribution in [2.75, 3.05) is 5.73 Å². The van der Waals surface area contributed by atoms with E-state index in [0.29, 0.717) is 22.7 Å². The molecular weight excluding hydrogens is 308 g/mol. The summed E-state index contributed by atoms with van der Waals surface area (Å²) in [6, 6.07) is 3.89. The fraction of sp³-hybridized carbons (Fsp3) is 0.385. The van der Waals surface area contributed by atoms with Crippen molar-refractivity contribution in [3.63, 3.8) is 0 Å². The number of hydrogen-bond acceptors (Lipinski definition) is 3. The van der Waals surface area contributed by atoms with E-state index in [9.17, 15) is 4.79 Å². The zero-order chi connectivity index (χ0) is 14.0. The van der Waals surface area contributed by atoms with Gasteiger partial charge in [-0.25, -0.2) is 0 Å². The number of pyridine rings is 1. The van der Waals surface area contributed by atoms with Gasteiger partial charge in [0, 0.05) is 24.1 Å². The Kier molecular flexibility index (Phi) is 4.09. The van der Waals surface area contributed by atoms with Crippen molar-refractivity contribution in [2.45, 2.75) is 32.9 Å². The van der Waals surface area contributed by atoms with Crippen LogP contribution in [0.4, 0.5) is 5.69 Å². The Balaban J connectivity index is 2.27. The highest BCUT2D eigenvalue weighted by Crippen LogP contribution is 2.12. The van der Waals surface area contributed by atoms with Crippen LogP contribution in [0.3, 0.4) is 0 Å². The summed E-state index contributed by atoms with van der Waals surface area (Å²) in [4.78, 5) is 11.9. The van der Waals surface area contributed by atoms with E-state index in [-0.39, 0.29) is 5.56 Å². The van der Waals surface area contributed by atoms with Gasteiger partial charge in [-0.2, -0.15) is 5.10 Å². The third kappa shape index (κ3) is 3.07. The highest BCUT2D eigenvalue weighted by Gasteiger charge is 2.08. The van der Waals surface area contributed by atoms with Gasteiger partial charge in [0.2, 0.25) is 0 Å². The molecule has 0 aliphatic rings. The summed E-state index contributed by atoms with van der Waals surface area (Å²) in [6.07, 6.45) is 4.59. The van der Waals surface area contributed by atoms with Gasteiger partial charge >= 0.3 is 0 Å². The van der Waals surface area contributed by atoms with Crippen molar-refractivity contribution in [2.24, 2.45) is 0 Å². The second-order valence-electron chi connectivity index (χ2n) is 4.60. The molecule has 0 aromatic carbocycles. The number of rotatable bonds is 4. The summed E-state index contributed by atoms with van der Waals surface area (Å²) in [5.74, 6) is 0. The van der Waals surface area contributed by atoms with Gasteiger partial charge < -0.3 is 10.3 Å². The van der Waals surface area contributed by atoms with Crippen molar-refractivity contribution in [3.05, 3.63) is 45.0 Å². The second-order valence-corrected chi connectivity index (χ2v) is 5.45. The smallest absolute Gasteiger partial charge is 0.265 e. The lowest BCUT2D eigenvalue weighted by Gasteiger charge is -2.09. The molecular formula is C13H17BrN4O. The molecule has 2 aromatic heterocycles. The lowest BCUT2D eigenvalue weighted by atomic mass is 10.3. The maximum Gasteiger partial charge on any atom is 0.265 e. The molecule has 2 aromatic rings. The van der Waals surface area contributed by atoms with Gasteiger partial charge in [0.1, 0.15) is 0 Å². The Morgan fingerprint density at radius 1 is 1.53 bits per heavy atom. The quantitative estimate of drug-likeness (QED) is 0.939. The number of hydrogen-bond donors (Lipinski definition) is 1. The number of nitrogens with two attached hydrogens (primary N) is 1. The van der Waals surface area contributed by atoms with Crippen LogP contribution in [0, 0.1) is 0 Å². The summed E-state index contributed by atoms with van der Waals surface area (Å²) in [5, 5.41) is 4.48. The minimum absolute atomic E-state index is 0.104. The Morgan fingerprint density at radius 2 is 2.26 bits per heavy atom. The average molecular weight is 325 g/mol. The Labute approximate surface area is 120 Å². The van der Waals surface area contributed by atoms with E-state index in [1.54, 1.807) is 16.8 Å². The zero-order valence-corrected chi connectivity index (χ0v) is 12.6. The fourth-order valence-corrected chi connectivity index (χ4v) is 2.30. The van der Waals surface area contributed by atoms with Gasteiger partial charge in [0.05, 0.1) is 16.7 Å². The third-order valence-electron chi connectivity index (χ3n) is 3.10. The Bertz CT molecular complexity index is 632. The highest BCUT2D eigenvalue weighted by atomic mass is 79.9. The van der Waals surface area contributed by atoms with Crippen LogP contribution in [-0.4, -0.2) is 14.3 Å². The molecule has 1 atom stereocenters.